The summed E-state index contributed by atoms with van der Waals surface area (Å²) in [5.74, 6) is -1.34. The first-order chi connectivity index (χ1) is 20.5. The van der Waals surface area contributed by atoms with E-state index in [0.29, 0.717) is 37.3 Å². The van der Waals surface area contributed by atoms with Gasteiger partial charge < -0.3 is 19.7 Å². The van der Waals surface area contributed by atoms with Crippen molar-refractivity contribution < 1.29 is 46.3 Å². The number of carbonyl (C=O) groups is 2. The third kappa shape index (κ3) is 28.6. The molecule has 0 saturated carbocycles. The molecule has 6 nitrogen and oxygen atoms in total. The van der Waals surface area contributed by atoms with E-state index in [1.807, 2.05) is 0 Å². The van der Waals surface area contributed by atoms with Crippen LogP contribution in [0.2, 0.25) is 0 Å². The van der Waals surface area contributed by atoms with Crippen molar-refractivity contribution in [3.63, 3.8) is 0 Å². The number of hydrogen-bond donors (Lipinski definition) is 2. The Kier molecular flexibility index (Phi) is 29.6. The van der Waals surface area contributed by atoms with E-state index < -0.39 is 11.9 Å². The molecular weight excluding hydrogens is 584 g/mol. The second-order valence-electron chi connectivity index (χ2n) is 12.9. The van der Waals surface area contributed by atoms with Crippen LogP contribution in [0.3, 0.4) is 0 Å². The van der Waals surface area contributed by atoms with Gasteiger partial charge in [-0.3, -0.25) is 9.59 Å². The van der Waals surface area contributed by atoms with Gasteiger partial charge in [-0.2, -0.15) is 0 Å². The third-order valence-electron chi connectivity index (χ3n) is 8.82. The van der Waals surface area contributed by atoms with Crippen molar-refractivity contribution >= 4 is 11.9 Å². The van der Waals surface area contributed by atoms with Crippen molar-refractivity contribution in [2.24, 2.45) is 0 Å². The van der Waals surface area contributed by atoms with E-state index in [2.05, 4.69) is 13.8 Å². The molecule has 2 heterocycles. The van der Waals surface area contributed by atoms with Gasteiger partial charge in [-0.1, -0.05) is 142 Å². The minimum absolute atomic E-state index is 0. The summed E-state index contributed by atoms with van der Waals surface area (Å²) in [6.07, 6.45) is 35.2. The Labute approximate surface area is 275 Å². The normalized spacial score (nSPS) is 20.1. The van der Waals surface area contributed by atoms with Gasteiger partial charge in [-0.15, -0.1) is 0 Å². The molecule has 2 rings (SSSR count). The van der Waals surface area contributed by atoms with Gasteiger partial charge in [0, 0.05) is 29.9 Å². The van der Waals surface area contributed by atoms with E-state index in [4.69, 9.17) is 19.7 Å². The topological polar surface area (TPSA) is 99.7 Å². The second kappa shape index (κ2) is 30.1. The minimum Gasteiger partial charge on any atom is -0.481 e. The van der Waals surface area contributed by atoms with Crippen LogP contribution in [0.15, 0.2) is 0 Å². The molecule has 0 aliphatic carbocycles. The van der Waals surface area contributed by atoms with Crippen LogP contribution in [0.5, 0.6) is 0 Å². The average Bonchev–Trinajstić information content (AvgIpc) is 3.89. The molecule has 0 amide bonds. The maximum atomic E-state index is 10.4. The number of epoxide rings is 2. The summed E-state index contributed by atoms with van der Waals surface area (Å²) in [7, 11) is 0. The van der Waals surface area contributed by atoms with Crippen LogP contribution < -0.4 is 0 Å². The first-order valence-corrected chi connectivity index (χ1v) is 18.2. The summed E-state index contributed by atoms with van der Waals surface area (Å²) >= 11 is 0. The zero-order valence-electron chi connectivity index (χ0n) is 28.0. The molecule has 0 radical (unpaired) electrons. The van der Waals surface area contributed by atoms with Crippen LogP contribution in [-0.4, -0.2) is 46.6 Å². The second-order valence-corrected chi connectivity index (χ2v) is 12.9. The number of unbranched alkanes of at least 4 members (excludes halogenated alkanes) is 18. The minimum atomic E-state index is -0.668. The standard InChI is InChI=1S/2C18H34O3.Fe/c2*1-2-3-4-5-7-10-13-16-17(21-16)14-11-8-6-9-12-15-18(19)20;/h2*16-17H,2-15H2,1H3,(H,19,20);. The predicted molar refractivity (Wildman–Crippen MR) is 173 cm³/mol. The molecule has 2 N–H and O–H groups in total. The zero-order chi connectivity index (χ0) is 30.7. The fourth-order valence-corrected chi connectivity index (χ4v) is 5.93. The van der Waals surface area contributed by atoms with Crippen LogP contribution in [0.25, 0.3) is 0 Å². The summed E-state index contributed by atoms with van der Waals surface area (Å²) in [5, 5.41) is 17.1. The van der Waals surface area contributed by atoms with E-state index in [0.717, 1.165) is 25.7 Å². The van der Waals surface area contributed by atoms with E-state index in [-0.39, 0.29) is 17.1 Å². The first-order valence-electron chi connectivity index (χ1n) is 18.2. The zero-order valence-corrected chi connectivity index (χ0v) is 29.1. The maximum absolute atomic E-state index is 10.4. The number of aliphatic carboxylic acids is 2. The number of carboxylic acid groups (broad SMARTS) is 2. The molecule has 2 aliphatic heterocycles. The van der Waals surface area contributed by atoms with E-state index in [1.54, 1.807) is 0 Å². The van der Waals surface area contributed by atoms with Crippen molar-refractivity contribution in [1.82, 2.24) is 0 Å². The number of hydrogen-bond acceptors (Lipinski definition) is 4. The van der Waals surface area contributed by atoms with Crippen LogP contribution in [0, 0.1) is 0 Å². The number of rotatable bonds is 30. The summed E-state index contributed by atoms with van der Waals surface area (Å²) < 4.78 is 11.5. The van der Waals surface area contributed by atoms with Crippen molar-refractivity contribution in [3.05, 3.63) is 0 Å². The van der Waals surface area contributed by atoms with Gasteiger partial charge in [-0.05, 0) is 38.5 Å². The molecule has 7 heteroatoms. The van der Waals surface area contributed by atoms with Gasteiger partial charge >= 0.3 is 11.9 Å². The molecule has 4 unspecified atom stereocenters. The van der Waals surface area contributed by atoms with Gasteiger partial charge in [0.25, 0.3) is 0 Å². The Bertz CT molecular complexity index is 591. The fourth-order valence-electron chi connectivity index (χ4n) is 5.93. The van der Waals surface area contributed by atoms with Gasteiger partial charge in [0.15, 0.2) is 0 Å². The number of carboxylic acids is 2. The van der Waals surface area contributed by atoms with Crippen LogP contribution >= 0.6 is 0 Å². The molecule has 4 atom stereocenters. The Balaban J connectivity index is 0.000000802. The van der Waals surface area contributed by atoms with Crippen LogP contribution in [0.4, 0.5) is 0 Å². The molecule has 2 fully saturated rings. The largest absolute Gasteiger partial charge is 0.481 e. The average molecular weight is 653 g/mol. The first kappa shape index (κ1) is 42.4. The van der Waals surface area contributed by atoms with Crippen molar-refractivity contribution in [3.8, 4) is 0 Å². The smallest absolute Gasteiger partial charge is 0.303 e. The van der Waals surface area contributed by atoms with Gasteiger partial charge in [0.05, 0.1) is 24.4 Å². The molecule has 43 heavy (non-hydrogen) atoms. The summed E-state index contributed by atoms with van der Waals surface area (Å²) in [6.45, 7) is 4.52. The van der Waals surface area contributed by atoms with Crippen LogP contribution in [-0.2, 0) is 36.1 Å². The maximum Gasteiger partial charge on any atom is 0.303 e. The Hall–Kier alpha value is -0.621. The SMILES string of the molecule is CCCCCCCCC1OC1CCCCCCCC(=O)O.CCCCCCCCC1OC1CCCCCCCC(=O)O.[Fe]. The van der Waals surface area contributed by atoms with Gasteiger partial charge in [-0.25, -0.2) is 0 Å². The molecule has 0 aromatic heterocycles. The van der Waals surface area contributed by atoms with E-state index in [9.17, 15) is 9.59 Å². The van der Waals surface area contributed by atoms with Crippen molar-refractivity contribution in [2.45, 2.75) is 218 Å². The van der Waals surface area contributed by atoms with Crippen molar-refractivity contribution in [2.75, 3.05) is 0 Å². The number of ether oxygens (including phenoxy) is 2. The molecule has 0 spiro atoms. The summed E-state index contributed by atoms with van der Waals surface area (Å²) in [6, 6.07) is 0. The van der Waals surface area contributed by atoms with Gasteiger partial charge in [0.2, 0.25) is 0 Å². The molecule has 2 aliphatic rings. The molecular formula is C36H68FeO6. The van der Waals surface area contributed by atoms with Gasteiger partial charge in [0.1, 0.15) is 0 Å². The van der Waals surface area contributed by atoms with E-state index >= 15 is 0 Å². The third-order valence-corrected chi connectivity index (χ3v) is 8.82. The van der Waals surface area contributed by atoms with Crippen molar-refractivity contribution in [1.29, 1.82) is 0 Å². The molecule has 0 bridgehead atoms. The monoisotopic (exact) mass is 652 g/mol. The quantitative estimate of drug-likeness (QED) is 0.0455. The summed E-state index contributed by atoms with van der Waals surface area (Å²) in [5.41, 5.74) is 0. The Morgan fingerprint density at radius 3 is 0.907 bits per heavy atom. The molecule has 0 aromatic carbocycles. The Morgan fingerprint density at radius 1 is 0.419 bits per heavy atom. The van der Waals surface area contributed by atoms with E-state index in [1.165, 1.54) is 141 Å². The fraction of sp³-hybridized carbons (Fsp3) is 0.944. The predicted octanol–water partition coefficient (Wildman–Crippen LogP) is 10.6. The Morgan fingerprint density at radius 2 is 0.651 bits per heavy atom. The molecule has 2 saturated heterocycles. The molecule has 0 aromatic rings. The summed E-state index contributed by atoms with van der Waals surface area (Å²) in [4.78, 5) is 20.7. The molecule has 256 valence electrons. The van der Waals surface area contributed by atoms with Crippen LogP contribution in [0.1, 0.15) is 194 Å².